The number of nitrogens with one attached hydrogen (secondary N) is 1. The molecule has 0 radical (unpaired) electrons. The van der Waals surface area contributed by atoms with Crippen molar-refractivity contribution in [3.05, 3.63) is 10.0 Å². The van der Waals surface area contributed by atoms with E-state index in [1.165, 1.54) is 6.42 Å². The van der Waals surface area contributed by atoms with Gasteiger partial charge in [0.2, 0.25) is 0 Å². The van der Waals surface area contributed by atoms with E-state index in [4.69, 9.17) is 4.74 Å². The first-order valence-corrected chi connectivity index (χ1v) is 5.69. The van der Waals surface area contributed by atoms with Gasteiger partial charge in [-0.25, -0.2) is 0 Å². The third-order valence-corrected chi connectivity index (χ3v) is 2.68. The van der Waals surface area contributed by atoms with E-state index >= 15 is 0 Å². The third-order valence-electron chi connectivity index (χ3n) is 1.72. The molecule has 0 atom stereocenters. The van der Waals surface area contributed by atoms with Crippen LogP contribution in [-0.4, -0.2) is 30.4 Å². The average molecular weight is 215 g/mol. The molecule has 1 aromatic heterocycles. The average Bonchev–Trinajstić information content (AvgIpc) is 2.61. The fourth-order valence-corrected chi connectivity index (χ4v) is 1.88. The van der Waals surface area contributed by atoms with Crippen LogP contribution in [0.3, 0.4) is 0 Å². The molecule has 0 aliphatic heterocycles. The van der Waals surface area contributed by atoms with Crippen LogP contribution in [0.4, 0.5) is 0 Å². The van der Waals surface area contributed by atoms with Gasteiger partial charge < -0.3 is 10.1 Å². The normalized spacial score (nSPS) is 10.7. The molecular formula is C9H17N3OS. The molecule has 5 heteroatoms. The van der Waals surface area contributed by atoms with Gasteiger partial charge >= 0.3 is 0 Å². The van der Waals surface area contributed by atoms with E-state index in [-0.39, 0.29) is 0 Å². The Bertz CT molecular complexity index is 252. The number of hydrogen-bond donors (Lipinski definition) is 1. The number of ether oxygens (including phenoxy) is 1. The van der Waals surface area contributed by atoms with Gasteiger partial charge in [-0.05, 0) is 13.0 Å². The molecule has 0 spiro atoms. The molecule has 0 saturated carbocycles. The van der Waals surface area contributed by atoms with Crippen LogP contribution >= 0.6 is 11.3 Å². The van der Waals surface area contributed by atoms with Gasteiger partial charge in [0, 0.05) is 20.1 Å². The summed E-state index contributed by atoms with van der Waals surface area (Å²) in [6.07, 6.45) is 2.13. The summed E-state index contributed by atoms with van der Waals surface area (Å²) in [5, 5.41) is 13.5. The summed E-state index contributed by atoms with van der Waals surface area (Å²) in [6.45, 7) is 4.79. The van der Waals surface area contributed by atoms with Crippen LogP contribution in [0.15, 0.2) is 0 Å². The van der Waals surface area contributed by atoms with Gasteiger partial charge in [0.05, 0.1) is 6.61 Å². The van der Waals surface area contributed by atoms with Gasteiger partial charge in [-0.1, -0.05) is 18.3 Å². The van der Waals surface area contributed by atoms with Crippen molar-refractivity contribution in [3.63, 3.8) is 0 Å². The molecule has 1 aromatic rings. The van der Waals surface area contributed by atoms with Crippen molar-refractivity contribution in [2.24, 2.45) is 0 Å². The zero-order valence-corrected chi connectivity index (χ0v) is 9.56. The summed E-state index contributed by atoms with van der Waals surface area (Å²) in [5.74, 6) is 0. The van der Waals surface area contributed by atoms with E-state index in [0.29, 0.717) is 6.61 Å². The van der Waals surface area contributed by atoms with E-state index in [2.05, 4.69) is 22.4 Å². The Hall–Kier alpha value is -0.520. The summed E-state index contributed by atoms with van der Waals surface area (Å²) >= 11 is 1.63. The molecule has 0 aliphatic rings. The lowest BCUT2D eigenvalue weighted by atomic mass is 10.4. The lowest BCUT2D eigenvalue weighted by Crippen LogP contribution is -2.17. The molecule has 80 valence electrons. The van der Waals surface area contributed by atoms with Gasteiger partial charge in [-0.2, -0.15) is 0 Å². The lowest BCUT2D eigenvalue weighted by molar-refractivity contribution is 0.184. The number of hydrogen-bond acceptors (Lipinski definition) is 5. The van der Waals surface area contributed by atoms with E-state index in [1.807, 2.05) is 0 Å². The molecule has 1 heterocycles. The van der Waals surface area contributed by atoms with Crippen molar-refractivity contribution in [3.8, 4) is 0 Å². The smallest absolute Gasteiger partial charge is 0.143 e. The first-order valence-electron chi connectivity index (χ1n) is 4.87. The third kappa shape index (κ3) is 4.13. The second-order valence-electron chi connectivity index (χ2n) is 3.02. The standard InChI is InChI=1S/C9H17N3OS/c1-3-5-10-6-4-8-11-12-9(14-8)7-13-2/h10H,3-7H2,1-2H3. The van der Waals surface area contributed by atoms with E-state index in [1.54, 1.807) is 18.4 Å². The minimum atomic E-state index is 0.569. The Kier molecular flexibility index (Phi) is 5.66. The molecule has 0 fully saturated rings. The second-order valence-corrected chi connectivity index (χ2v) is 4.17. The molecule has 14 heavy (non-hydrogen) atoms. The van der Waals surface area contributed by atoms with Crippen molar-refractivity contribution in [2.75, 3.05) is 20.2 Å². The molecule has 0 aromatic carbocycles. The summed E-state index contributed by atoms with van der Waals surface area (Å²) in [4.78, 5) is 0. The molecule has 1 N–H and O–H groups in total. The zero-order valence-electron chi connectivity index (χ0n) is 8.75. The SMILES string of the molecule is CCCNCCc1nnc(COC)s1. The predicted octanol–water partition coefficient (Wildman–Crippen LogP) is 1.23. The maximum absolute atomic E-state index is 4.98. The van der Waals surface area contributed by atoms with Gasteiger partial charge in [-0.15, -0.1) is 10.2 Å². The summed E-state index contributed by atoms with van der Waals surface area (Å²) < 4.78 is 4.98. The Morgan fingerprint density at radius 2 is 2.07 bits per heavy atom. The Morgan fingerprint density at radius 3 is 2.79 bits per heavy atom. The highest BCUT2D eigenvalue weighted by molar-refractivity contribution is 7.11. The molecule has 4 nitrogen and oxygen atoms in total. The van der Waals surface area contributed by atoms with Crippen LogP contribution in [0.5, 0.6) is 0 Å². The van der Waals surface area contributed by atoms with Crippen LogP contribution in [0.1, 0.15) is 23.4 Å². The highest BCUT2D eigenvalue weighted by Gasteiger charge is 2.02. The van der Waals surface area contributed by atoms with Crippen molar-refractivity contribution < 1.29 is 4.74 Å². The summed E-state index contributed by atoms with van der Waals surface area (Å²) in [7, 11) is 1.67. The van der Waals surface area contributed by atoms with E-state index in [9.17, 15) is 0 Å². The first kappa shape index (κ1) is 11.6. The maximum Gasteiger partial charge on any atom is 0.143 e. The first-order chi connectivity index (χ1) is 6.86. The van der Waals surface area contributed by atoms with Crippen molar-refractivity contribution in [1.82, 2.24) is 15.5 Å². The largest absolute Gasteiger partial charge is 0.377 e. The minimum Gasteiger partial charge on any atom is -0.377 e. The number of methoxy groups -OCH3 is 1. The Balaban J connectivity index is 2.22. The van der Waals surface area contributed by atoms with E-state index < -0.39 is 0 Å². The molecular weight excluding hydrogens is 198 g/mol. The molecule has 0 aliphatic carbocycles. The van der Waals surface area contributed by atoms with Crippen LogP contribution in [-0.2, 0) is 17.8 Å². The highest BCUT2D eigenvalue weighted by Crippen LogP contribution is 2.10. The molecule has 0 amide bonds. The highest BCUT2D eigenvalue weighted by atomic mass is 32.1. The van der Waals surface area contributed by atoms with Crippen LogP contribution in [0, 0.1) is 0 Å². The fraction of sp³-hybridized carbons (Fsp3) is 0.778. The summed E-state index contributed by atoms with van der Waals surface area (Å²) in [6, 6.07) is 0. The molecule has 1 rings (SSSR count). The second kappa shape index (κ2) is 6.86. The lowest BCUT2D eigenvalue weighted by Gasteiger charge is -1.98. The predicted molar refractivity (Wildman–Crippen MR) is 57.5 cm³/mol. The minimum absolute atomic E-state index is 0.569. The quantitative estimate of drug-likeness (QED) is 0.695. The maximum atomic E-state index is 4.98. The van der Waals surface area contributed by atoms with Gasteiger partial charge in [-0.3, -0.25) is 0 Å². The van der Waals surface area contributed by atoms with Crippen LogP contribution < -0.4 is 5.32 Å². The number of aromatic nitrogens is 2. The Labute approximate surface area is 88.7 Å². The van der Waals surface area contributed by atoms with Gasteiger partial charge in [0.15, 0.2) is 0 Å². The van der Waals surface area contributed by atoms with Crippen LogP contribution in [0.25, 0.3) is 0 Å². The topological polar surface area (TPSA) is 47.0 Å². The van der Waals surface area contributed by atoms with E-state index in [0.717, 1.165) is 29.5 Å². The molecule has 0 saturated heterocycles. The molecule has 0 unspecified atom stereocenters. The number of rotatable bonds is 7. The fourth-order valence-electron chi connectivity index (χ4n) is 1.07. The van der Waals surface area contributed by atoms with Crippen molar-refractivity contribution >= 4 is 11.3 Å². The zero-order chi connectivity index (χ0) is 10.2. The van der Waals surface area contributed by atoms with Crippen molar-refractivity contribution in [1.29, 1.82) is 0 Å². The molecule has 0 bridgehead atoms. The monoisotopic (exact) mass is 215 g/mol. The Morgan fingerprint density at radius 1 is 1.29 bits per heavy atom. The number of nitrogens with zero attached hydrogens (tertiary/aromatic N) is 2. The van der Waals surface area contributed by atoms with Gasteiger partial charge in [0.25, 0.3) is 0 Å². The van der Waals surface area contributed by atoms with Gasteiger partial charge in [0.1, 0.15) is 10.0 Å². The summed E-state index contributed by atoms with van der Waals surface area (Å²) in [5.41, 5.74) is 0. The van der Waals surface area contributed by atoms with Crippen molar-refractivity contribution in [2.45, 2.75) is 26.4 Å². The van der Waals surface area contributed by atoms with Crippen LogP contribution in [0.2, 0.25) is 0 Å².